The Labute approximate surface area is 90.8 Å². The van der Waals surface area contributed by atoms with Crippen LogP contribution in [0.25, 0.3) is 0 Å². The minimum atomic E-state index is 0.137. The fourth-order valence-corrected chi connectivity index (χ4v) is 3.05. The van der Waals surface area contributed by atoms with Crippen LogP contribution in [0, 0.1) is 17.8 Å². The lowest BCUT2D eigenvalue weighted by Crippen LogP contribution is -2.19. The lowest BCUT2D eigenvalue weighted by Gasteiger charge is -2.18. The molecule has 3 rings (SSSR count). The fraction of sp³-hybridized carbons (Fsp3) is 0.692. The highest BCUT2D eigenvalue weighted by Gasteiger charge is 2.47. The molecule has 0 spiro atoms. The molecule has 0 saturated heterocycles. The van der Waals surface area contributed by atoms with Crippen molar-refractivity contribution in [3.8, 4) is 0 Å². The molecule has 2 heteroatoms. The smallest absolute Gasteiger partial charge is 0.121 e. The minimum Gasteiger partial charge on any atom is -0.464 e. The summed E-state index contributed by atoms with van der Waals surface area (Å²) in [5, 5.41) is 0. The molecule has 3 atom stereocenters. The maximum Gasteiger partial charge on any atom is 0.121 e. The Morgan fingerprint density at radius 3 is 2.67 bits per heavy atom. The van der Waals surface area contributed by atoms with E-state index in [1.54, 1.807) is 0 Å². The van der Waals surface area contributed by atoms with Crippen LogP contribution in [-0.2, 0) is 6.42 Å². The van der Waals surface area contributed by atoms with Gasteiger partial charge in [0, 0.05) is 6.42 Å². The average molecular weight is 205 g/mol. The third-order valence-corrected chi connectivity index (χ3v) is 4.15. The normalized spacial score (nSPS) is 35.2. The van der Waals surface area contributed by atoms with Crippen LogP contribution in [0.1, 0.15) is 43.7 Å². The molecule has 2 aliphatic carbocycles. The molecule has 1 heterocycles. The lowest BCUT2D eigenvalue weighted by atomic mass is 9.93. The molecule has 15 heavy (non-hydrogen) atoms. The summed E-state index contributed by atoms with van der Waals surface area (Å²) in [6, 6.07) is 4.26. The van der Waals surface area contributed by atoms with Gasteiger partial charge in [-0.15, -0.1) is 0 Å². The zero-order valence-electron chi connectivity index (χ0n) is 9.28. The van der Waals surface area contributed by atoms with Crippen molar-refractivity contribution in [3.05, 3.63) is 23.7 Å². The predicted molar refractivity (Wildman–Crippen MR) is 59.3 cm³/mol. The van der Waals surface area contributed by atoms with Crippen LogP contribution in [0.5, 0.6) is 0 Å². The summed E-state index contributed by atoms with van der Waals surface area (Å²) in [5.74, 6) is 4.73. The summed E-state index contributed by atoms with van der Waals surface area (Å²) in [7, 11) is 0. The zero-order valence-corrected chi connectivity index (χ0v) is 9.28. The highest BCUT2D eigenvalue weighted by Crippen LogP contribution is 2.56. The van der Waals surface area contributed by atoms with E-state index in [0.29, 0.717) is 5.92 Å². The molecular weight excluding hydrogens is 186 g/mol. The zero-order chi connectivity index (χ0) is 10.4. The van der Waals surface area contributed by atoms with Crippen LogP contribution in [0.15, 0.2) is 16.5 Å². The Bertz CT molecular complexity index is 347. The summed E-state index contributed by atoms with van der Waals surface area (Å²) in [6.07, 6.45) is 5.08. The SMILES string of the molecule is CCc1ccc(C(N)C2CC3CC3C2)o1. The first-order chi connectivity index (χ1) is 7.28. The van der Waals surface area contributed by atoms with E-state index in [2.05, 4.69) is 19.1 Å². The molecule has 2 nitrogen and oxygen atoms in total. The average Bonchev–Trinajstić information content (AvgIpc) is 2.73. The van der Waals surface area contributed by atoms with E-state index >= 15 is 0 Å². The second kappa shape index (κ2) is 3.38. The van der Waals surface area contributed by atoms with Crippen LogP contribution >= 0.6 is 0 Å². The molecule has 0 aliphatic heterocycles. The summed E-state index contributed by atoms with van der Waals surface area (Å²) in [5.41, 5.74) is 6.26. The maximum atomic E-state index is 6.26. The van der Waals surface area contributed by atoms with Gasteiger partial charge in [0.2, 0.25) is 0 Å². The minimum absolute atomic E-state index is 0.137. The van der Waals surface area contributed by atoms with E-state index < -0.39 is 0 Å². The van der Waals surface area contributed by atoms with Gasteiger partial charge in [-0.3, -0.25) is 0 Å². The summed E-state index contributed by atoms with van der Waals surface area (Å²) < 4.78 is 5.73. The van der Waals surface area contributed by atoms with Gasteiger partial charge in [0.05, 0.1) is 6.04 Å². The van der Waals surface area contributed by atoms with Gasteiger partial charge in [0.25, 0.3) is 0 Å². The molecule has 82 valence electrons. The van der Waals surface area contributed by atoms with Gasteiger partial charge in [-0.05, 0) is 49.1 Å². The molecule has 1 aromatic rings. The Kier molecular flexibility index (Phi) is 2.13. The summed E-state index contributed by atoms with van der Waals surface area (Å²) in [4.78, 5) is 0. The number of rotatable bonds is 3. The quantitative estimate of drug-likeness (QED) is 0.824. The number of fused-ring (bicyclic) bond motifs is 1. The maximum absolute atomic E-state index is 6.26. The first-order valence-electron chi connectivity index (χ1n) is 6.12. The molecule has 0 radical (unpaired) electrons. The number of hydrogen-bond acceptors (Lipinski definition) is 2. The van der Waals surface area contributed by atoms with Crippen molar-refractivity contribution in [1.82, 2.24) is 0 Å². The molecule has 2 aliphatic rings. The number of nitrogens with two attached hydrogens (primary N) is 1. The number of furan rings is 1. The van der Waals surface area contributed by atoms with Gasteiger partial charge < -0.3 is 10.2 Å². The van der Waals surface area contributed by atoms with Crippen molar-refractivity contribution in [3.63, 3.8) is 0 Å². The van der Waals surface area contributed by atoms with Crippen molar-refractivity contribution in [2.24, 2.45) is 23.5 Å². The first-order valence-corrected chi connectivity index (χ1v) is 6.12. The number of aryl methyl sites for hydroxylation is 1. The summed E-state index contributed by atoms with van der Waals surface area (Å²) in [6.45, 7) is 2.11. The Balaban J connectivity index is 1.70. The predicted octanol–water partition coefficient (Wildman–Crippen LogP) is 2.89. The standard InChI is InChI=1S/C13H19NO/c1-2-11-3-4-12(15-11)13(14)10-6-8-5-9(8)7-10/h3-4,8-10,13H,2,5-7,14H2,1H3. The van der Waals surface area contributed by atoms with Crippen LogP contribution in [0.3, 0.4) is 0 Å². The van der Waals surface area contributed by atoms with E-state index in [1.807, 2.05) is 0 Å². The molecule has 3 unspecified atom stereocenters. The van der Waals surface area contributed by atoms with Gasteiger partial charge >= 0.3 is 0 Å². The van der Waals surface area contributed by atoms with Crippen LogP contribution < -0.4 is 5.73 Å². The molecule has 2 saturated carbocycles. The third kappa shape index (κ3) is 1.61. The van der Waals surface area contributed by atoms with Crippen molar-refractivity contribution in [1.29, 1.82) is 0 Å². The lowest BCUT2D eigenvalue weighted by molar-refractivity contribution is 0.338. The van der Waals surface area contributed by atoms with Gasteiger partial charge in [-0.1, -0.05) is 6.92 Å². The van der Waals surface area contributed by atoms with E-state index in [-0.39, 0.29) is 6.04 Å². The molecule has 2 fully saturated rings. The molecule has 1 aromatic heterocycles. The molecule has 2 N–H and O–H groups in total. The van der Waals surface area contributed by atoms with Crippen molar-refractivity contribution < 1.29 is 4.42 Å². The van der Waals surface area contributed by atoms with Gasteiger partial charge in [0.15, 0.2) is 0 Å². The second-order valence-corrected chi connectivity index (χ2v) is 5.17. The molecule has 0 amide bonds. The Morgan fingerprint density at radius 1 is 1.33 bits per heavy atom. The fourth-order valence-electron chi connectivity index (χ4n) is 3.05. The largest absolute Gasteiger partial charge is 0.464 e. The van der Waals surface area contributed by atoms with Crippen LogP contribution in [0.2, 0.25) is 0 Å². The van der Waals surface area contributed by atoms with Gasteiger partial charge in [-0.2, -0.15) is 0 Å². The van der Waals surface area contributed by atoms with E-state index in [1.165, 1.54) is 19.3 Å². The highest BCUT2D eigenvalue weighted by molar-refractivity contribution is 5.13. The van der Waals surface area contributed by atoms with Crippen molar-refractivity contribution in [2.75, 3.05) is 0 Å². The van der Waals surface area contributed by atoms with E-state index in [0.717, 1.165) is 29.8 Å². The molecule has 0 aromatic carbocycles. The topological polar surface area (TPSA) is 39.2 Å². The molecule has 0 bridgehead atoms. The van der Waals surface area contributed by atoms with E-state index in [4.69, 9.17) is 10.2 Å². The monoisotopic (exact) mass is 205 g/mol. The number of hydrogen-bond donors (Lipinski definition) is 1. The van der Waals surface area contributed by atoms with Gasteiger partial charge in [-0.25, -0.2) is 0 Å². The van der Waals surface area contributed by atoms with Crippen LogP contribution in [-0.4, -0.2) is 0 Å². The van der Waals surface area contributed by atoms with Crippen molar-refractivity contribution in [2.45, 2.75) is 38.6 Å². The second-order valence-electron chi connectivity index (χ2n) is 5.17. The Hall–Kier alpha value is -0.760. The molecular formula is C13H19NO. The third-order valence-electron chi connectivity index (χ3n) is 4.15. The highest BCUT2D eigenvalue weighted by atomic mass is 16.3. The van der Waals surface area contributed by atoms with Gasteiger partial charge in [0.1, 0.15) is 11.5 Å². The van der Waals surface area contributed by atoms with Crippen molar-refractivity contribution >= 4 is 0 Å². The summed E-state index contributed by atoms with van der Waals surface area (Å²) >= 11 is 0. The van der Waals surface area contributed by atoms with Crippen LogP contribution in [0.4, 0.5) is 0 Å². The Morgan fingerprint density at radius 2 is 2.07 bits per heavy atom. The first kappa shape index (κ1) is 9.46. The van der Waals surface area contributed by atoms with E-state index in [9.17, 15) is 0 Å².